The first-order chi connectivity index (χ1) is 5.24. The molecule has 0 spiro atoms. The maximum absolute atomic E-state index is 5.05. The number of nitrogens with zero attached hydrogens (tertiary/aromatic N) is 1. The van der Waals surface area contributed by atoms with Gasteiger partial charge in [-0.05, 0) is 12.1 Å². The van der Waals surface area contributed by atoms with Crippen LogP contribution in [0.5, 0.6) is 0 Å². The number of aromatic nitrogens is 1. The summed E-state index contributed by atoms with van der Waals surface area (Å²) < 4.78 is 0. The van der Waals surface area contributed by atoms with Crippen molar-refractivity contribution in [2.45, 2.75) is 0 Å². The molecule has 12 heavy (non-hydrogen) atoms. The molecule has 0 atom stereocenters. The van der Waals surface area contributed by atoms with E-state index in [1.54, 1.807) is 12.4 Å². The topological polar surface area (TPSA) is 12.9 Å². The van der Waals surface area contributed by atoms with Gasteiger partial charge in [-0.15, -0.1) is 0 Å². The second-order valence-electron chi connectivity index (χ2n) is 1.66. The largest absolute Gasteiger partial charge is 0.265 e. The molecule has 1 rings (SSSR count). The van der Waals surface area contributed by atoms with Crippen LogP contribution in [0.15, 0.2) is 30.6 Å². The van der Waals surface area contributed by atoms with Gasteiger partial charge in [-0.3, -0.25) is 4.98 Å². The van der Waals surface area contributed by atoms with Crippen LogP contribution >= 0.6 is 44.1 Å². The fraction of sp³-hybridized carbons (Fsp3) is 0. The van der Waals surface area contributed by atoms with Crippen molar-refractivity contribution in [2.24, 2.45) is 0 Å². The third-order valence-electron chi connectivity index (χ3n) is 0.566. The molecule has 0 fully saturated rings. The Bertz CT molecular complexity index is 175. The van der Waals surface area contributed by atoms with Crippen LogP contribution in [0.3, 0.4) is 0 Å². The molecule has 0 saturated heterocycles. The maximum Gasteiger partial charge on any atom is 0.0267 e. The van der Waals surface area contributed by atoms with E-state index in [-0.39, 0.29) is 0 Å². The Hall–Kier alpha value is 1.42. The molecule has 0 aliphatic heterocycles. The minimum absolute atomic E-state index is 1.75. The SMILES string of the molecule is [Cl][Sb]([Cl])([Cl])([Cl])[Cl].c1ccncc1. The normalized spacial score (nSPS) is 13.6. The molecule has 0 saturated carbocycles. The van der Waals surface area contributed by atoms with Gasteiger partial charge in [0.25, 0.3) is 0 Å². The van der Waals surface area contributed by atoms with Gasteiger partial charge in [-0.1, -0.05) is 6.07 Å². The van der Waals surface area contributed by atoms with E-state index < -0.39 is 11.7 Å². The van der Waals surface area contributed by atoms with Gasteiger partial charge in [-0.2, -0.15) is 0 Å². The Kier molecular flexibility index (Phi) is 5.97. The van der Waals surface area contributed by atoms with Crippen LogP contribution in [0, 0.1) is 0 Å². The van der Waals surface area contributed by atoms with Gasteiger partial charge >= 0.3 is 55.8 Å². The zero-order valence-electron chi connectivity index (χ0n) is 5.67. The second kappa shape index (κ2) is 5.34. The van der Waals surface area contributed by atoms with Gasteiger partial charge in [0.2, 0.25) is 0 Å². The first-order valence-electron chi connectivity index (χ1n) is 2.69. The quantitative estimate of drug-likeness (QED) is 0.619. The number of pyridine rings is 1. The Morgan fingerprint density at radius 3 is 1.17 bits per heavy atom. The molecule has 0 aliphatic carbocycles. The van der Waals surface area contributed by atoms with E-state index in [1.165, 1.54) is 0 Å². The summed E-state index contributed by atoms with van der Waals surface area (Å²) in [6.45, 7) is 0. The molecule has 1 heterocycles. The van der Waals surface area contributed by atoms with Crippen LogP contribution < -0.4 is 0 Å². The molecule has 7 heteroatoms. The van der Waals surface area contributed by atoms with Crippen molar-refractivity contribution in [1.82, 2.24) is 4.98 Å². The predicted octanol–water partition coefficient (Wildman–Crippen LogP) is 4.15. The third-order valence-corrected chi connectivity index (χ3v) is 0.566. The number of hydrogen-bond acceptors (Lipinski definition) is 1. The molecule has 1 aromatic heterocycles. The van der Waals surface area contributed by atoms with Crippen LogP contribution in [0.25, 0.3) is 0 Å². The van der Waals surface area contributed by atoms with Crippen LogP contribution in [0.2, 0.25) is 0 Å². The summed E-state index contributed by atoms with van der Waals surface area (Å²) in [6, 6.07) is 5.72. The summed E-state index contributed by atoms with van der Waals surface area (Å²) in [4.78, 5) is 3.78. The average molecular weight is 378 g/mol. The van der Waals surface area contributed by atoms with Gasteiger partial charge in [0, 0.05) is 12.4 Å². The fourth-order valence-electron chi connectivity index (χ4n) is 0.313. The Balaban J connectivity index is 0.000000202. The summed E-state index contributed by atoms with van der Waals surface area (Å²) in [7, 11) is 25.2. The minimum Gasteiger partial charge on any atom is -0.265 e. The number of hydrogen-bond donors (Lipinski definition) is 0. The summed E-state index contributed by atoms with van der Waals surface area (Å²) in [5, 5.41) is 0. The monoisotopic (exact) mass is 375 g/mol. The van der Waals surface area contributed by atoms with Crippen LogP contribution in [0.4, 0.5) is 0 Å². The molecule has 70 valence electrons. The second-order valence-corrected chi connectivity index (χ2v) is 39.6. The molecule has 0 unspecified atom stereocenters. The number of halogens is 5. The smallest absolute Gasteiger partial charge is 0.0267 e. The summed E-state index contributed by atoms with van der Waals surface area (Å²) in [6.07, 6.45) is 3.50. The molecule has 0 aliphatic rings. The molecule has 0 aromatic carbocycles. The Labute approximate surface area is 90.4 Å². The molecular weight excluding hydrogens is 373 g/mol. The van der Waals surface area contributed by atoms with Crippen molar-refractivity contribution in [3.63, 3.8) is 0 Å². The van der Waals surface area contributed by atoms with Crippen molar-refractivity contribution in [3.8, 4) is 0 Å². The third kappa shape index (κ3) is 22.5. The summed E-state index contributed by atoms with van der Waals surface area (Å²) in [5.74, 6) is 0. The Morgan fingerprint density at radius 1 is 0.750 bits per heavy atom. The molecule has 0 bridgehead atoms. The van der Waals surface area contributed by atoms with E-state index in [1.807, 2.05) is 18.2 Å². The van der Waals surface area contributed by atoms with Crippen molar-refractivity contribution in [1.29, 1.82) is 0 Å². The van der Waals surface area contributed by atoms with Gasteiger partial charge in [0.15, 0.2) is 0 Å². The zero-order chi connectivity index (χ0) is 9.69. The molecule has 1 nitrogen and oxygen atoms in total. The van der Waals surface area contributed by atoms with E-state index in [2.05, 4.69) is 4.98 Å². The van der Waals surface area contributed by atoms with Crippen LogP contribution in [-0.2, 0) is 0 Å². The van der Waals surface area contributed by atoms with Crippen molar-refractivity contribution in [3.05, 3.63) is 30.6 Å². The minimum atomic E-state index is -4.33. The number of rotatable bonds is 0. The first kappa shape index (κ1) is 13.4. The van der Waals surface area contributed by atoms with Crippen molar-refractivity contribution < 1.29 is 0 Å². The van der Waals surface area contributed by atoms with E-state index in [4.69, 9.17) is 44.1 Å². The standard InChI is InChI=1S/C5H5N.5ClH.Sb/c1-2-4-6-5-3-1;;;;;;/h1-5H;5*1H;/q;;;;;;+5/p-5. The molecule has 0 radical (unpaired) electrons. The molecule has 0 N–H and O–H groups in total. The van der Waals surface area contributed by atoms with Gasteiger partial charge < -0.3 is 0 Å². The van der Waals surface area contributed by atoms with Crippen molar-refractivity contribution >= 4 is 55.8 Å². The zero-order valence-corrected chi connectivity index (χ0v) is 12.0. The molecule has 1 aromatic rings. The predicted molar refractivity (Wildman–Crippen MR) is 59.3 cm³/mol. The van der Waals surface area contributed by atoms with E-state index in [0.29, 0.717) is 0 Å². The van der Waals surface area contributed by atoms with Crippen LogP contribution in [0.1, 0.15) is 0 Å². The van der Waals surface area contributed by atoms with Crippen LogP contribution in [-0.4, -0.2) is 16.7 Å². The molecular formula is C5H5Cl5NSb. The van der Waals surface area contributed by atoms with Gasteiger partial charge in [0.05, 0.1) is 0 Å². The van der Waals surface area contributed by atoms with Gasteiger partial charge in [0.1, 0.15) is 0 Å². The Morgan fingerprint density at radius 2 is 1.08 bits per heavy atom. The fourth-order valence-corrected chi connectivity index (χ4v) is 0.313. The average Bonchev–Trinajstić information content (AvgIpc) is 1.86. The van der Waals surface area contributed by atoms with E-state index in [9.17, 15) is 0 Å². The van der Waals surface area contributed by atoms with Crippen molar-refractivity contribution in [2.75, 3.05) is 0 Å². The summed E-state index contributed by atoms with van der Waals surface area (Å²) in [5.41, 5.74) is 0. The molecule has 0 amide bonds. The van der Waals surface area contributed by atoms with E-state index >= 15 is 0 Å². The summed E-state index contributed by atoms with van der Waals surface area (Å²) >= 11 is -4.33. The first-order valence-corrected chi connectivity index (χ1v) is 18.9. The van der Waals surface area contributed by atoms with E-state index in [0.717, 1.165) is 0 Å². The maximum atomic E-state index is 5.05. The van der Waals surface area contributed by atoms with Gasteiger partial charge in [-0.25, -0.2) is 0 Å².